The molecule has 1 aliphatic heterocycles. The summed E-state index contributed by atoms with van der Waals surface area (Å²) in [7, 11) is -2.48. The van der Waals surface area contributed by atoms with Crippen molar-refractivity contribution in [1.29, 1.82) is 0 Å². The fourth-order valence-electron chi connectivity index (χ4n) is 4.67. The van der Waals surface area contributed by atoms with Crippen molar-refractivity contribution >= 4 is 32.7 Å². The molecule has 0 atom stereocenters. The zero-order valence-electron chi connectivity index (χ0n) is 22.0. The van der Waals surface area contributed by atoms with Crippen molar-refractivity contribution in [2.45, 2.75) is 11.4 Å². The van der Waals surface area contributed by atoms with E-state index in [9.17, 15) is 26.8 Å². The van der Waals surface area contributed by atoms with Crippen LogP contribution in [0.3, 0.4) is 0 Å². The third-order valence-electron chi connectivity index (χ3n) is 6.89. The average molecular weight is 581 g/mol. The number of hydrogen-bond acceptors (Lipinski definition) is 6. The van der Waals surface area contributed by atoms with Gasteiger partial charge in [-0.3, -0.25) is 14.6 Å². The van der Waals surface area contributed by atoms with Crippen molar-refractivity contribution in [2.75, 3.05) is 33.3 Å². The third kappa shape index (κ3) is 5.88. The number of carbonyl (C=O) groups excluding carboxylic acids is 2. The normalized spacial score (nSPS) is 13.8. The number of hydrogen-bond donors (Lipinski definition) is 1. The predicted molar refractivity (Wildman–Crippen MR) is 147 cm³/mol. The minimum absolute atomic E-state index is 0.0383. The number of piperazine rings is 1. The maximum atomic E-state index is 13.5. The van der Waals surface area contributed by atoms with Gasteiger partial charge in [0, 0.05) is 61.0 Å². The predicted octanol–water partition coefficient (Wildman–Crippen LogP) is 3.60. The first-order chi connectivity index (χ1) is 19.7. The monoisotopic (exact) mass is 580 g/mol. The molecule has 0 aliphatic carbocycles. The molecule has 0 unspecified atom stereocenters. The van der Waals surface area contributed by atoms with Crippen LogP contribution in [0.4, 0.5) is 8.78 Å². The highest BCUT2D eigenvalue weighted by molar-refractivity contribution is 7.89. The fourth-order valence-corrected chi connectivity index (χ4v) is 5.86. The van der Waals surface area contributed by atoms with E-state index in [-0.39, 0.29) is 49.1 Å². The Bertz CT molecular complexity index is 1740. The molecule has 0 spiro atoms. The molecule has 0 radical (unpaired) electrons. The summed E-state index contributed by atoms with van der Waals surface area (Å²) in [6.45, 7) is 0.871. The lowest BCUT2D eigenvalue weighted by molar-refractivity contribution is 0.0535. The summed E-state index contributed by atoms with van der Waals surface area (Å²) in [6.07, 6.45) is 1.53. The van der Waals surface area contributed by atoms with Gasteiger partial charge in [-0.1, -0.05) is 24.3 Å². The molecule has 9 nitrogen and oxygen atoms in total. The van der Waals surface area contributed by atoms with Gasteiger partial charge in [-0.05, 0) is 42.5 Å². The Balaban J connectivity index is 1.24. The number of methoxy groups -OCH3 is 1. The number of pyridine rings is 1. The molecule has 4 aromatic rings. The number of amides is 2. The van der Waals surface area contributed by atoms with Crippen LogP contribution in [0.5, 0.6) is 5.75 Å². The standard InChI is InChI=1S/C29H26F2N4O5S/c1-40-25-17-21(29(37)35-14-12-34(13-15-35)28(36)20-9-10-23(30)24(31)16-20)7-8-22(25)18-33-41(38,39)26-6-2-4-19-5-3-11-32-27(19)26/h2-11,16-17,33H,12-15,18H2,1H3. The van der Waals surface area contributed by atoms with Crippen LogP contribution in [-0.4, -0.2) is 68.3 Å². The largest absolute Gasteiger partial charge is 0.496 e. The quantitative estimate of drug-likeness (QED) is 0.358. The lowest BCUT2D eigenvalue weighted by Gasteiger charge is -2.35. The van der Waals surface area contributed by atoms with Gasteiger partial charge in [0.1, 0.15) is 10.6 Å². The second-order valence-electron chi connectivity index (χ2n) is 9.40. The van der Waals surface area contributed by atoms with Crippen LogP contribution in [0.2, 0.25) is 0 Å². The summed E-state index contributed by atoms with van der Waals surface area (Å²) in [5.41, 5.74) is 1.27. The number of ether oxygens (including phenoxy) is 1. The SMILES string of the molecule is COc1cc(C(=O)N2CCN(C(=O)c3ccc(F)c(F)c3)CC2)ccc1CNS(=O)(=O)c1cccc2cccnc12. The Kier molecular flexibility index (Phi) is 7.95. The Morgan fingerprint density at radius 1 is 0.878 bits per heavy atom. The second kappa shape index (κ2) is 11.6. The van der Waals surface area contributed by atoms with Crippen molar-refractivity contribution in [1.82, 2.24) is 19.5 Å². The number of nitrogens with one attached hydrogen (secondary N) is 1. The highest BCUT2D eigenvalue weighted by Gasteiger charge is 2.27. The van der Waals surface area contributed by atoms with Gasteiger partial charge in [0.05, 0.1) is 12.6 Å². The van der Waals surface area contributed by atoms with E-state index in [0.29, 0.717) is 27.8 Å². The Morgan fingerprint density at radius 2 is 1.51 bits per heavy atom. The molecule has 41 heavy (non-hydrogen) atoms. The van der Waals surface area contributed by atoms with Gasteiger partial charge in [-0.15, -0.1) is 0 Å². The fraction of sp³-hybridized carbons (Fsp3) is 0.207. The number of fused-ring (bicyclic) bond motifs is 1. The van der Waals surface area contributed by atoms with Crippen molar-refractivity contribution in [3.63, 3.8) is 0 Å². The first-order valence-electron chi connectivity index (χ1n) is 12.7. The van der Waals surface area contributed by atoms with E-state index in [2.05, 4.69) is 9.71 Å². The molecule has 1 saturated heterocycles. The Hall–Kier alpha value is -4.42. The topological polar surface area (TPSA) is 109 Å². The molecule has 0 bridgehead atoms. The van der Waals surface area contributed by atoms with Crippen LogP contribution in [-0.2, 0) is 16.6 Å². The van der Waals surface area contributed by atoms with Gasteiger partial charge in [-0.25, -0.2) is 21.9 Å². The second-order valence-corrected chi connectivity index (χ2v) is 11.1. The summed E-state index contributed by atoms with van der Waals surface area (Å²) in [5, 5.41) is 0.699. The zero-order valence-corrected chi connectivity index (χ0v) is 22.8. The van der Waals surface area contributed by atoms with Crippen molar-refractivity contribution < 1.29 is 31.5 Å². The lowest BCUT2D eigenvalue weighted by atomic mass is 10.1. The number of aromatic nitrogens is 1. The number of rotatable bonds is 7. The van der Waals surface area contributed by atoms with E-state index in [1.807, 2.05) is 0 Å². The maximum absolute atomic E-state index is 13.5. The lowest BCUT2D eigenvalue weighted by Crippen LogP contribution is -2.50. The van der Waals surface area contributed by atoms with E-state index in [4.69, 9.17) is 4.74 Å². The molecule has 212 valence electrons. The molecule has 0 saturated carbocycles. The van der Waals surface area contributed by atoms with Crippen LogP contribution in [0.1, 0.15) is 26.3 Å². The van der Waals surface area contributed by atoms with E-state index in [1.54, 1.807) is 47.4 Å². The first-order valence-corrected chi connectivity index (χ1v) is 14.2. The number of halogens is 2. The maximum Gasteiger partial charge on any atom is 0.254 e. The number of nitrogens with zero attached hydrogens (tertiary/aromatic N) is 3. The minimum atomic E-state index is -3.91. The molecule has 2 amide bonds. The molecule has 3 aromatic carbocycles. The highest BCUT2D eigenvalue weighted by atomic mass is 32.2. The van der Waals surface area contributed by atoms with Gasteiger partial charge >= 0.3 is 0 Å². The molecule has 1 N–H and O–H groups in total. The molecule has 1 fully saturated rings. The Labute approximate surface area is 235 Å². The molecule has 12 heteroatoms. The van der Waals surface area contributed by atoms with Gasteiger partial charge in [0.25, 0.3) is 11.8 Å². The molecule has 5 rings (SSSR count). The van der Waals surface area contributed by atoms with E-state index < -0.39 is 27.6 Å². The molecular weight excluding hydrogens is 554 g/mol. The van der Waals surface area contributed by atoms with Crippen LogP contribution in [0.25, 0.3) is 10.9 Å². The highest BCUT2D eigenvalue weighted by Crippen LogP contribution is 2.24. The minimum Gasteiger partial charge on any atom is -0.496 e. The molecule has 1 aliphatic rings. The summed E-state index contributed by atoms with van der Waals surface area (Å²) < 4.78 is 61.0. The van der Waals surface area contributed by atoms with Gasteiger partial charge in [0.15, 0.2) is 11.6 Å². The van der Waals surface area contributed by atoms with Gasteiger partial charge in [-0.2, -0.15) is 0 Å². The number of carbonyl (C=O) groups is 2. The average Bonchev–Trinajstić information content (AvgIpc) is 3.00. The first kappa shape index (κ1) is 28.1. The molecule has 2 heterocycles. The number of benzene rings is 3. The van der Waals surface area contributed by atoms with E-state index in [1.165, 1.54) is 30.3 Å². The molecular formula is C29H26F2N4O5S. The number of para-hydroxylation sites is 1. The van der Waals surface area contributed by atoms with Gasteiger partial charge in [0.2, 0.25) is 10.0 Å². The number of sulfonamides is 1. The smallest absolute Gasteiger partial charge is 0.254 e. The van der Waals surface area contributed by atoms with Gasteiger partial charge < -0.3 is 14.5 Å². The van der Waals surface area contributed by atoms with Crippen LogP contribution in [0.15, 0.2) is 77.8 Å². The van der Waals surface area contributed by atoms with E-state index >= 15 is 0 Å². The van der Waals surface area contributed by atoms with Crippen LogP contribution >= 0.6 is 0 Å². The Morgan fingerprint density at radius 3 is 2.17 bits per heavy atom. The summed E-state index contributed by atoms with van der Waals surface area (Å²) in [6, 6.07) is 16.2. The van der Waals surface area contributed by atoms with Crippen molar-refractivity contribution in [2.24, 2.45) is 0 Å². The van der Waals surface area contributed by atoms with Crippen molar-refractivity contribution in [3.8, 4) is 5.75 Å². The zero-order chi connectivity index (χ0) is 29.1. The van der Waals surface area contributed by atoms with Crippen LogP contribution < -0.4 is 9.46 Å². The van der Waals surface area contributed by atoms with Crippen molar-refractivity contribution in [3.05, 3.63) is 101 Å². The van der Waals surface area contributed by atoms with E-state index in [0.717, 1.165) is 12.1 Å². The summed E-state index contributed by atoms with van der Waals surface area (Å²) in [4.78, 5) is 33.2. The molecule has 1 aromatic heterocycles. The third-order valence-corrected chi connectivity index (χ3v) is 8.33. The summed E-state index contributed by atoms with van der Waals surface area (Å²) in [5.74, 6) is -2.51. The summed E-state index contributed by atoms with van der Waals surface area (Å²) >= 11 is 0. The van der Waals surface area contributed by atoms with Crippen LogP contribution in [0, 0.1) is 11.6 Å².